The van der Waals surface area contributed by atoms with Crippen LogP contribution in [-0.2, 0) is 6.54 Å². The second kappa shape index (κ2) is 6.97. The second-order valence-electron chi connectivity index (χ2n) is 4.89. The van der Waals surface area contributed by atoms with E-state index in [1.54, 1.807) is 0 Å². The summed E-state index contributed by atoms with van der Waals surface area (Å²) < 4.78 is 6.54. The Morgan fingerprint density at radius 1 is 1.30 bits per heavy atom. The fraction of sp³-hybridized carbons (Fsp3) is 0.429. The maximum atomic E-state index is 9.26. The molecule has 2 rings (SSSR count). The molecular formula is C14H18BrN3O2. The summed E-state index contributed by atoms with van der Waals surface area (Å²) in [5.74, 6) is 1.33. The van der Waals surface area contributed by atoms with Gasteiger partial charge in [0.25, 0.3) is 0 Å². The molecule has 0 fully saturated rings. The summed E-state index contributed by atoms with van der Waals surface area (Å²) in [4.78, 5) is 0. The van der Waals surface area contributed by atoms with Crippen molar-refractivity contribution in [2.45, 2.75) is 26.4 Å². The molecule has 0 aliphatic rings. The monoisotopic (exact) mass is 339 g/mol. The molecule has 0 bridgehead atoms. The van der Waals surface area contributed by atoms with Gasteiger partial charge in [-0.3, -0.25) is 0 Å². The third-order valence-electron chi connectivity index (χ3n) is 3.09. The largest absolute Gasteiger partial charge is 0.419 e. The van der Waals surface area contributed by atoms with E-state index in [2.05, 4.69) is 31.4 Å². The number of hydrogen-bond acceptors (Lipinski definition) is 5. The maximum Gasteiger partial charge on any atom is 0.248 e. The maximum absolute atomic E-state index is 9.26. The molecule has 0 amide bonds. The molecule has 0 spiro atoms. The van der Waals surface area contributed by atoms with Crippen molar-refractivity contribution in [3.63, 3.8) is 0 Å². The minimum Gasteiger partial charge on any atom is -0.419 e. The van der Waals surface area contributed by atoms with E-state index < -0.39 is 0 Å². The van der Waals surface area contributed by atoms with Crippen molar-refractivity contribution in [1.29, 1.82) is 0 Å². The van der Waals surface area contributed by atoms with E-state index in [4.69, 9.17) is 4.42 Å². The van der Waals surface area contributed by atoms with Crippen LogP contribution in [0.15, 0.2) is 33.2 Å². The summed E-state index contributed by atoms with van der Waals surface area (Å²) >= 11 is 3.46. The summed E-state index contributed by atoms with van der Waals surface area (Å²) in [6.07, 6.45) is 0. The predicted octanol–water partition coefficient (Wildman–Crippen LogP) is 2.61. The van der Waals surface area contributed by atoms with Crippen molar-refractivity contribution in [3.05, 3.63) is 34.6 Å². The summed E-state index contributed by atoms with van der Waals surface area (Å²) in [6, 6.07) is 7.72. The summed E-state index contributed by atoms with van der Waals surface area (Å²) in [7, 11) is 0. The second-order valence-corrected chi connectivity index (χ2v) is 5.75. The van der Waals surface area contributed by atoms with Crippen molar-refractivity contribution in [2.24, 2.45) is 5.92 Å². The van der Waals surface area contributed by atoms with E-state index in [1.807, 2.05) is 38.1 Å². The van der Waals surface area contributed by atoms with Gasteiger partial charge in [-0.05, 0) is 34.0 Å². The molecule has 2 aromatic rings. The molecular weight excluding hydrogens is 322 g/mol. The molecule has 108 valence electrons. The molecule has 6 heteroatoms. The molecule has 1 aromatic carbocycles. The number of halogens is 1. The minimum absolute atomic E-state index is 0.0220. The Morgan fingerprint density at radius 3 is 2.70 bits per heavy atom. The van der Waals surface area contributed by atoms with Crippen LogP contribution in [0.1, 0.15) is 19.7 Å². The fourth-order valence-corrected chi connectivity index (χ4v) is 2.25. The lowest BCUT2D eigenvalue weighted by Crippen LogP contribution is -2.36. The van der Waals surface area contributed by atoms with Crippen LogP contribution >= 0.6 is 15.9 Å². The SMILES string of the molecule is CC(C)C(CO)NCc1nnc(-c2ccccc2Br)o1. The summed E-state index contributed by atoms with van der Waals surface area (Å²) in [6.45, 7) is 4.63. The zero-order valence-corrected chi connectivity index (χ0v) is 13.1. The fourth-order valence-electron chi connectivity index (χ4n) is 1.80. The van der Waals surface area contributed by atoms with E-state index in [0.717, 1.165) is 10.0 Å². The molecule has 1 aromatic heterocycles. The summed E-state index contributed by atoms with van der Waals surface area (Å²) in [5, 5.41) is 20.5. The molecule has 0 aliphatic heterocycles. The van der Waals surface area contributed by atoms with Crippen LogP contribution in [0, 0.1) is 5.92 Å². The molecule has 1 unspecified atom stereocenters. The van der Waals surface area contributed by atoms with E-state index >= 15 is 0 Å². The first-order valence-corrected chi connectivity index (χ1v) is 7.32. The Labute approximate surface area is 126 Å². The topological polar surface area (TPSA) is 71.2 Å². The highest BCUT2D eigenvalue weighted by Gasteiger charge is 2.14. The van der Waals surface area contributed by atoms with Crippen molar-refractivity contribution in [1.82, 2.24) is 15.5 Å². The van der Waals surface area contributed by atoms with Crippen LogP contribution in [0.5, 0.6) is 0 Å². The highest BCUT2D eigenvalue weighted by Crippen LogP contribution is 2.26. The quantitative estimate of drug-likeness (QED) is 0.846. The van der Waals surface area contributed by atoms with E-state index in [1.165, 1.54) is 0 Å². The van der Waals surface area contributed by atoms with E-state index in [9.17, 15) is 5.11 Å². The Kier molecular flexibility index (Phi) is 5.28. The Morgan fingerprint density at radius 2 is 2.05 bits per heavy atom. The molecule has 20 heavy (non-hydrogen) atoms. The molecule has 0 radical (unpaired) electrons. The van der Waals surface area contributed by atoms with Gasteiger partial charge in [-0.2, -0.15) is 0 Å². The lowest BCUT2D eigenvalue weighted by Gasteiger charge is -2.18. The Bertz CT molecular complexity index is 557. The standard InChI is InChI=1S/C14H18BrN3O2/c1-9(2)12(8-19)16-7-13-17-18-14(20-13)10-5-3-4-6-11(10)15/h3-6,9,12,16,19H,7-8H2,1-2H3. The first-order chi connectivity index (χ1) is 9.61. The van der Waals surface area contributed by atoms with Crippen molar-refractivity contribution in [2.75, 3.05) is 6.61 Å². The normalized spacial score (nSPS) is 12.8. The van der Waals surface area contributed by atoms with Gasteiger partial charge < -0.3 is 14.8 Å². The zero-order valence-electron chi connectivity index (χ0n) is 11.5. The number of hydrogen-bond donors (Lipinski definition) is 2. The predicted molar refractivity (Wildman–Crippen MR) is 80.0 cm³/mol. The third-order valence-corrected chi connectivity index (χ3v) is 3.78. The van der Waals surface area contributed by atoms with E-state index in [-0.39, 0.29) is 12.6 Å². The van der Waals surface area contributed by atoms with E-state index in [0.29, 0.717) is 24.2 Å². The zero-order chi connectivity index (χ0) is 14.5. The van der Waals surface area contributed by atoms with Gasteiger partial charge in [-0.1, -0.05) is 26.0 Å². The minimum atomic E-state index is 0.0220. The van der Waals surface area contributed by atoms with Gasteiger partial charge in [0.2, 0.25) is 11.8 Å². The van der Waals surface area contributed by atoms with Crippen LogP contribution in [0.2, 0.25) is 0 Å². The number of aromatic nitrogens is 2. The van der Waals surface area contributed by atoms with Crippen LogP contribution in [-0.4, -0.2) is 28.0 Å². The van der Waals surface area contributed by atoms with Crippen molar-refractivity contribution >= 4 is 15.9 Å². The van der Waals surface area contributed by atoms with Gasteiger partial charge in [0.05, 0.1) is 18.7 Å². The summed E-state index contributed by atoms with van der Waals surface area (Å²) in [5.41, 5.74) is 0.869. The van der Waals surface area contributed by atoms with Gasteiger partial charge in [-0.15, -0.1) is 10.2 Å². The number of rotatable bonds is 6. The lowest BCUT2D eigenvalue weighted by molar-refractivity contribution is 0.207. The smallest absolute Gasteiger partial charge is 0.248 e. The molecule has 0 saturated carbocycles. The Hall–Kier alpha value is -1.24. The molecule has 1 atom stereocenters. The van der Waals surface area contributed by atoms with Crippen LogP contribution < -0.4 is 5.32 Å². The first-order valence-electron chi connectivity index (χ1n) is 6.53. The van der Waals surface area contributed by atoms with Crippen molar-refractivity contribution in [3.8, 4) is 11.5 Å². The highest BCUT2D eigenvalue weighted by molar-refractivity contribution is 9.10. The average Bonchev–Trinajstić information content (AvgIpc) is 2.88. The molecule has 2 N–H and O–H groups in total. The number of aliphatic hydroxyl groups excluding tert-OH is 1. The van der Waals surface area contributed by atoms with Crippen LogP contribution in [0.25, 0.3) is 11.5 Å². The Balaban J connectivity index is 2.05. The number of benzene rings is 1. The number of nitrogens with one attached hydrogen (secondary N) is 1. The average molecular weight is 340 g/mol. The molecule has 0 saturated heterocycles. The van der Waals surface area contributed by atoms with Gasteiger partial charge in [0.15, 0.2) is 0 Å². The van der Waals surface area contributed by atoms with Gasteiger partial charge >= 0.3 is 0 Å². The first kappa shape index (κ1) is 15.2. The molecule has 0 aliphatic carbocycles. The third kappa shape index (κ3) is 3.65. The van der Waals surface area contributed by atoms with Crippen LogP contribution in [0.3, 0.4) is 0 Å². The van der Waals surface area contributed by atoms with Gasteiger partial charge in [0, 0.05) is 10.5 Å². The molecule has 5 nitrogen and oxygen atoms in total. The highest BCUT2D eigenvalue weighted by atomic mass is 79.9. The van der Waals surface area contributed by atoms with Gasteiger partial charge in [-0.25, -0.2) is 0 Å². The number of aliphatic hydroxyl groups is 1. The van der Waals surface area contributed by atoms with Crippen LogP contribution in [0.4, 0.5) is 0 Å². The number of nitrogens with zero attached hydrogens (tertiary/aromatic N) is 2. The lowest BCUT2D eigenvalue weighted by atomic mass is 10.1. The molecule has 1 heterocycles. The van der Waals surface area contributed by atoms with Gasteiger partial charge in [0.1, 0.15) is 0 Å². The van der Waals surface area contributed by atoms with Crippen molar-refractivity contribution < 1.29 is 9.52 Å².